The van der Waals surface area contributed by atoms with E-state index < -0.39 is 54.4 Å². The fourth-order valence-corrected chi connectivity index (χ4v) is 5.95. The first-order valence-corrected chi connectivity index (χ1v) is 14.1. The van der Waals surface area contributed by atoms with Gasteiger partial charge in [0.25, 0.3) is 0 Å². The van der Waals surface area contributed by atoms with Gasteiger partial charge in [0.15, 0.2) is 18.3 Å². The number of fused-ring (bicyclic) bond motifs is 1. The van der Waals surface area contributed by atoms with E-state index >= 15 is 0 Å². The van der Waals surface area contributed by atoms with Crippen molar-refractivity contribution < 1.29 is 42.9 Å². The van der Waals surface area contributed by atoms with Crippen molar-refractivity contribution in [1.29, 1.82) is 0 Å². The molecule has 0 bridgehead atoms. The summed E-state index contributed by atoms with van der Waals surface area (Å²) in [6.45, 7) is 6.82. The molecule has 2 aromatic carbocycles. The molecule has 0 aromatic heterocycles. The Morgan fingerprint density at radius 3 is 2.00 bits per heavy atom. The number of aryl methyl sites for hydroxylation is 1. The highest BCUT2D eigenvalue weighted by Crippen LogP contribution is 2.44. The van der Waals surface area contributed by atoms with Crippen LogP contribution in [0, 0.1) is 0 Å². The predicted octanol–water partition coefficient (Wildman–Crippen LogP) is 4.52. The average Bonchev–Trinajstić information content (AvgIpc) is 2.93. The zero-order chi connectivity index (χ0) is 29.7. The van der Waals surface area contributed by atoms with Gasteiger partial charge in [0.2, 0.25) is 0 Å². The lowest BCUT2D eigenvalue weighted by Crippen LogP contribution is -2.59. The van der Waals surface area contributed by atoms with Crippen LogP contribution in [0.1, 0.15) is 87.3 Å². The molecule has 0 radical (unpaired) electrons. The third kappa shape index (κ3) is 7.14. The maximum atomic E-state index is 12.3. The third-order valence-corrected chi connectivity index (χ3v) is 7.63. The zero-order valence-electron chi connectivity index (χ0n) is 24.2. The summed E-state index contributed by atoms with van der Waals surface area (Å²) < 4.78 is 28.6. The molecule has 1 aliphatic carbocycles. The molecule has 0 amide bonds. The van der Waals surface area contributed by atoms with Crippen LogP contribution >= 0.6 is 0 Å². The van der Waals surface area contributed by atoms with E-state index in [2.05, 4.69) is 37.3 Å². The maximum absolute atomic E-state index is 12.3. The first kappa shape index (κ1) is 30.2. The van der Waals surface area contributed by atoms with Crippen molar-refractivity contribution in [2.45, 2.75) is 96.7 Å². The Bertz CT molecular complexity index is 1270. The maximum Gasteiger partial charge on any atom is 0.303 e. The Morgan fingerprint density at radius 1 is 0.780 bits per heavy atom. The highest BCUT2D eigenvalue weighted by molar-refractivity contribution is 5.69. The van der Waals surface area contributed by atoms with E-state index in [4.69, 9.17) is 23.7 Å². The van der Waals surface area contributed by atoms with Gasteiger partial charge in [-0.05, 0) is 53.5 Å². The summed E-state index contributed by atoms with van der Waals surface area (Å²) in [5.74, 6) is -2.29. The van der Waals surface area contributed by atoms with Gasteiger partial charge in [-0.1, -0.05) is 49.4 Å². The zero-order valence-corrected chi connectivity index (χ0v) is 24.2. The number of carbonyl (C=O) groups excluding carboxylic acids is 4. The lowest BCUT2D eigenvalue weighted by atomic mass is 9.75. The van der Waals surface area contributed by atoms with Crippen molar-refractivity contribution in [3.05, 3.63) is 70.3 Å². The molecule has 1 saturated heterocycles. The standard InChI is InChI=1S/C32H38O9/c1-6-22-13-15-23(16-14-22)24-9-7-11-26-25(24)10-8-12-27(26)29-31(39-20(4)35)32(40-21(5)36)30(38-19(3)34)28(41-29)17-37-18(2)33/h8,10,12-16,24,28-32H,6-7,9,11,17H2,1-5H3. The van der Waals surface area contributed by atoms with Crippen molar-refractivity contribution >= 4 is 23.9 Å². The second kappa shape index (κ2) is 13.3. The topological polar surface area (TPSA) is 114 Å². The van der Waals surface area contributed by atoms with Gasteiger partial charge in [-0.3, -0.25) is 19.2 Å². The minimum absolute atomic E-state index is 0.176. The third-order valence-electron chi connectivity index (χ3n) is 7.63. The molecule has 4 rings (SSSR count). The van der Waals surface area contributed by atoms with E-state index in [9.17, 15) is 19.2 Å². The lowest BCUT2D eigenvalue weighted by Gasteiger charge is -2.45. The van der Waals surface area contributed by atoms with Crippen molar-refractivity contribution in [3.8, 4) is 0 Å². The van der Waals surface area contributed by atoms with Gasteiger partial charge in [0.1, 0.15) is 18.8 Å². The van der Waals surface area contributed by atoms with Crippen molar-refractivity contribution in [3.63, 3.8) is 0 Å². The molecule has 1 fully saturated rings. The second-order valence-corrected chi connectivity index (χ2v) is 10.6. The molecule has 2 aliphatic rings. The highest BCUT2D eigenvalue weighted by atomic mass is 16.7. The van der Waals surface area contributed by atoms with Crippen molar-refractivity contribution in [1.82, 2.24) is 0 Å². The van der Waals surface area contributed by atoms with E-state index in [0.29, 0.717) is 0 Å². The summed E-state index contributed by atoms with van der Waals surface area (Å²) in [4.78, 5) is 48.3. The van der Waals surface area contributed by atoms with E-state index in [1.54, 1.807) is 0 Å². The molecule has 0 saturated carbocycles. The van der Waals surface area contributed by atoms with Crippen LogP contribution in [-0.4, -0.2) is 54.9 Å². The van der Waals surface area contributed by atoms with Gasteiger partial charge in [-0.25, -0.2) is 0 Å². The summed E-state index contributed by atoms with van der Waals surface area (Å²) in [6.07, 6.45) is -1.69. The van der Waals surface area contributed by atoms with Crippen LogP contribution in [0.25, 0.3) is 0 Å². The molecule has 6 atom stereocenters. The molecule has 220 valence electrons. The van der Waals surface area contributed by atoms with Crippen molar-refractivity contribution in [2.24, 2.45) is 0 Å². The number of rotatable bonds is 8. The Morgan fingerprint density at radius 2 is 1.39 bits per heavy atom. The summed E-state index contributed by atoms with van der Waals surface area (Å²) in [5, 5.41) is 0. The summed E-state index contributed by atoms with van der Waals surface area (Å²) >= 11 is 0. The van der Waals surface area contributed by atoms with E-state index in [0.717, 1.165) is 42.4 Å². The number of hydrogen-bond donors (Lipinski definition) is 0. The number of ether oxygens (including phenoxy) is 5. The van der Waals surface area contributed by atoms with E-state index in [1.165, 1.54) is 38.8 Å². The minimum Gasteiger partial charge on any atom is -0.463 e. The molecule has 2 aromatic rings. The number of hydrogen-bond acceptors (Lipinski definition) is 9. The summed E-state index contributed by atoms with van der Waals surface area (Å²) in [6, 6.07) is 14.7. The van der Waals surface area contributed by atoms with Gasteiger partial charge >= 0.3 is 23.9 Å². The quantitative estimate of drug-likeness (QED) is 0.336. The van der Waals surface area contributed by atoms with Crippen LogP contribution in [0.15, 0.2) is 42.5 Å². The van der Waals surface area contributed by atoms with Crippen molar-refractivity contribution in [2.75, 3.05) is 6.61 Å². The molecule has 0 spiro atoms. The van der Waals surface area contributed by atoms with Gasteiger partial charge in [0, 0.05) is 33.6 Å². The number of esters is 4. The SMILES string of the molecule is CCc1ccc(C2CCCc3c2cccc3C2OC(COC(C)=O)C(OC(C)=O)C(OC(C)=O)C2OC(C)=O)cc1. The number of benzene rings is 2. The fourth-order valence-electron chi connectivity index (χ4n) is 5.95. The van der Waals surface area contributed by atoms with Crippen LogP contribution in [-0.2, 0) is 55.7 Å². The van der Waals surface area contributed by atoms with Gasteiger partial charge < -0.3 is 23.7 Å². The van der Waals surface area contributed by atoms with E-state index in [1.807, 2.05) is 12.1 Å². The Kier molecular flexibility index (Phi) is 9.81. The Hall–Kier alpha value is -3.72. The van der Waals surface area contributed by atoms with Crippen LogP contribution in [0.5, 0.6) is 0 Å². The van der Waals surface area contributed by atoms with Gasteiger partial charge in [-0.2, -0.15) is 0 Å². The molecule has 0 N–H and O–H groups in total. The molecule has 1 heterocycles. The smallest absolute Gasteiger partial charge is 0.303 e. The molecule has 41 heavy (non-hydrogen) atoms. The monoisotopic (exact) mass is 566 g/mol. The van der Waals surface area contributed by atoms with Gasteiger partial charge in [0.05, 0.1) is 0 Å². The number of carbonyl (C=O) groups is 4. The Balaban J connectivity index is 1.81. The normalized spacial score (nSPS) is 25.4. The predicted molar refractivity (Wildman–Crippen MR) is 148 cm³/mol. The largest absolute Gasteiger partial charge is 0.463 e. The lowest BCUT2D eigenvalue weighted by molar-refractivity contribution is -0.254. The molecule has 9 nitrogen and oxygen atoms in total. The fraction of sp³-hybridized carbons (Fsp3) is 0.500. The minimum atomic E-state index is -1.20. The molecular weight excluding hydrogens is 528 g/mol. The molecular formula is C32H38O9. The van der Waals surface area contributed by atoms with Crippen LogP contribution < -0.4 is 0 Å². The highest BCUT2D eigenvalue weighted by Gasteiger charge is 2.53. The van der Waals surface area contributed by atoms with Crippen LogP contribution in [0.3, 0.4) is 0 Å². The first-order chi connectivity index (χ1) is 19.6. The molecule has 1 aliphatic heterocycles. The summed E-state index contributed by atoms with van der Waals surface area (Å²) in [7, 11) is 0. The van der Waals surface area contributed by atoms with Gasteiger partial charge in [-0.15, -0.1) is 0 Å². The van der Waals surface area contributed by atoms with Crippen LogP contribution in [0.2, 0.25) is 0 Å². The van der Waals surface area contributed by atoms with E-state index in [-0.39, 0.29) is 12.5 Å². The Labute approximate surface area is 240 Å². The molecule has 6 unspecified atom stereocenters. The second-order valence-electron chi connectivity index (χ2n) is 10.6. The summed E-state index contributed by atoms with van der Waals surface area (Å²) in [5.41, 5.74) is 5.52. The van der Waals surface area contributed by atoms with Crippen LogP contribution in [0.4, 0.5) is 0 Å². The molecule has 9 heteroatoms. The first-order valence-electron chi connectivity index (χ1n) is 14.1. The average molecular weight is 567 g/mol.